The normalized spacial score (nSPS) is 13.3. The second kappa shape index (κ2) is 8.07. The molecule has 4 rings (SSSR count). The lowest BCUT2D eigenvalue weighted by Crippen LogP contribution is -2.40. The maximum absolute atomic E-state index is 13.1. The maximum Gasteiger partial charge on any atom is 0.262 e. The molecule has 29 heavy (non-hydrogen) atoms. The maximum atomic E-state index is 13.1. The van der Waals surface area contributed by atoms with Crippen LogP contribution >= 0.6 is 51.3 Å². The Morgan fingerprint density at radius 2 is 1.83 bits per heavy atom. The quantitative estimate of drug-likeness (QED) is 0.484. The molecule has 0 spiro atoms. The van der Waals surface area contributed by atoms with E-state index in [0.717, 1.165) is 4.47 Å². The van der Waals surface area contributed by atoms with E-state index in [2.05, 4.69) is 20.9 Å². The van der Waals surface area contributed by atoms with Crippen molar-refractivity contribution in [2.45, 2.75) is 13.0 Å². The monoisotopic (exact) mass is 509 g/mol. The molecule has 2 aromatic carbocycles. The van der Waals surface area contributed by atoms with Gasteiger partial charge in [-0.3, -0.25) is 14.2 Å². The molecule has 0 saturated heterocycles. The van der Waals surface area contributed by atoms with E-state index in [9.17, 15) is 9.59 Å². The van der Waals surface area contributed by atoms with Crippen LogP contribution < -0.4 is 5.56 Å². The highest BCUT2D eigenvalue weighted by molar-refractivity contribution is 9.10. The summed E-state index contributed by atoms with van der Waals surface area (Å²) in [6.07, 6.45) is 0.434. The molecule has 148 valence electrons. The predicted octanol–water partition coefficient (Wildman–Crippen LogP) is 5.16. The molecule has 1 N–H and O–H groups in total. The molecule has 1 aliphatic heterocycles. The summed E-state index contributed by atoms with van der Waals surface area (Å²) in [5.74, 6) is -0.175. The van der Waals surface area contributed by atoms with Crippen LogP contribution in [0.3, 0.4) is 0 Å². The molecule has 0 atom stereocenters. The van der Waals surface area contributed by atoms with Gasteiger partial charge in [0.15, 0.2) is 4.77 Å². The standard InChI is InChI=1S/C20H14BrCl2N3O2S/c21-12-2-4-13(5-3-12)26-19(28)14-7-8-25(10-17(14)24-20(26)29)18(27)11-1-6-15(22)16(23)9-11/h1-6,9H,7-8,10H2,(H,24,29). The third kappa shape index (κ3) is 3.92. The van der Waals surface area contributed by atoms with Gasteiger partial charge in [-0.05, 0) is 61.1 Å². The highest BCUT2D eigenvalue weighted by atomic mass is 79.9. The minimum atomic E-state index is -0.175. The molecule has 1 amide bonds. The molecule has 0 aliphatic carbocycles. The lowest BCUT2D eigenvalue weighted by Gasteiger charge is -2.29. The number of nitrogens with zero attached hydrogens (tertiary/aromatic N) is 2. The van der Waals surface area contributed by atoms with Gasteiger partial charge in [0.1, 0.15) is 0 Å². The lowest BCUT2D eigenvalue weighted by molar-refractivity contribution is 0.0731. The number of carbonyl (C=O) groups is 1. The van der Waals surface area contributed by atoms with Crippen molar-refractivity contribution in [3.63, 3.8) is 0 Å². The second-order valence-electron chi connectivity index (χ2n) is 6.61. The number of benzene rings is 2. The summed E-state index contributed by atoms with van der Waals surface area (Å²) < 4.78 is 2.69. The van der Waals surface area contributed by atoms with Gasteiger partial charge in [-0.1, -0.05) is 39.1 Å². The zero-order valence-corrected chi connectivity index (χ0v) is 18.8. The fourth-order valence-corrected chi connectivity index (χ4v) is 4.21. The molecular formula is C20H14BrCl2N3O2S. The van der Waals surface area contributed by atoms with Crippen molar-refractivity contribution in [3.8, 4) is 5.69 Å². The van der Waals surface area contributed by atoms with Crippen LogP contribution in [0.15, 0.2) is 51.7 Å². The smallest absolute Gasteiger partial charge is 0.262 e. The van der Waals surface area contributed by atoms with Gasteiger partial charge in [0.25, 0.3) is 11.5 Å². The Morgan fingerprint density at radius 3 is 2.52 bits per heavy atom. The van der Waals surface area contributed by atoms with Crippen LogP contribution in [0, 0.1) is 4.77 Å². The fraction of sp³-hybridized carbons (Fsp3) is 0.150. The zero-order valence-electron chi connectivity index (χ0n) is 14.9. The summed E-state index contributed by atoms with van der Waals surface area (Å²) >= 11 is 20.8. The van der Waals surface area contributed by atoms with Gasteiger partial charge in [0.2, 0.25) is 0 Å². The van der Waals surface area contributed by atoms with Gasteiger partial charge in [0.05, 0.1) is 22.3 Å². The van der Waals surface area contributed by atoms with Crippen molar-refractivity contribution in [2.24, 2.45) is 0 Å². The van der Waals surface area contributed by atoms with Crippen LogP contribution in [0.5, 0.6) is 0 Å². The molecule has 0 radical (unpaired) electrons. The Balaban J connectivity index is 1.68. The Bertz CT molecular complexity index is 1240. The van der Waals surface area contributed by atoms with Crippen LogP contribution in [0.25, 0.3) is 5.69 Å². The molecule has 2 heterocycles. The summed E-state index contributed by atoms with van der Waals surface area (Å²) in [6, 6.07) is 12.1. The van der Waals surface area contributed by atoms with Gasteiger partial charge >= 0.3 is 0 Å². The number of H-pyrrole nitrogens is 1. The molecule has 9 heteroatoms. The Kier molecular flexibility index (Phi) is 5.66. The molecule has 0 unspecified atom stereocenters. The second-order valence-corrected chi connectivity index (χ2v) is 8.73. The minimum absolute atomic E-state index is 0.160. The number of hydrogen-bond acceptors (Lipinski definition) is 3. The Hall–Kier alpha value is -1.93. The SMILES string of the molecule is O=C(c1ccc(Cl)c(Cl)c1)N1CCc2c([nH]c(=S)n(-c3ccc(Br)cc3)c2=O)C1. The van der Waals surface area contributed by atoms with Crippen LogP contribution in [-0.4, -0.2) is 26.9 Å². The van der Waals surface area contributed by atoms with Gasteiger partial charge in [0, 0.05) is 27.8 Å². The van der Waals surface area contributed by atoms with E-state index in [-0.39, 0.29) is 18.0 Å². The molecule has 0 saturated carbocycles. The van der Waals surface area contributed by atoms with E-state index in [4.69, 9.17) is 35.4 Å². The third-order valence-corrected chi connectivity index (χ3v) is 6.36. The molecular weight excluding hydrogens is 497 g/mol. The number of fused-ring (bicyclic) bond motifs is 1. The first-order valence-electron chi connectivity index (χ1n) is 8.72. The minimum Gasteiger partial charge on any atom is -0.333 e. The van der Waals surface area contributed by atoms with Crippen LogP contribution in [0.2, 0.25) is 10.0 Å². The number of aromatic amines is 1. The van der Waals surface area contributed by atoms with E-state index >= 15 is 0 Å². The first-order chi connectivity index (χ1) is 13.8. The first kappa shape index (κ1) is 20.3. The van der Waals surface area contributed by atoms with Crippen LogP contribution in [0.1, 0.15) is 21.6 Å². The summed E-state index contributed by atoms with van der Waals surface area (Å²) in [4.78, 5) is 30.7. The largest absolute Gasteiger partial charge is 0.333 e. The highest BCUT2D eigenvalue weighted by Gasteiger charge is 2.25. The van der Waals surface area contributed by atoms with Crippen LogP contribution in [0.4, 0.5) is 0 Å². The van der Waals surface area contributed by atoms with E-state index in [1.807, 2.05) is 24.3 Å². The number of aromatic nitrogens is 2. The van der Waals surface area contributed by atoms with E-state index in [1.54, 1.807) is 23.1 Å². The van der Waals surface area contributed by atoms with Crippen molar-refractivity contribution in [2.75, 3.05) is 6.54 Å². The Labute approximate surface area is 190 Å². The van der Waals surface area contributed by atoms with Gasteiger partial charge in [-0.2, -0.15) is 0 Å². The van der Waals surface area contributed by atoms with Crippen molar-refractivity contribution >= 4 is 57.3 Å². The van der Waals surface area contributed by atoms with E-state index in [0.29, 0.717) is 50.3 Å². The fourth-order valence-electron chi connectivity index (χ4n) is 3.34. The third-order valence-electron chi connectivity index (χ3n) is 4.81. The van der Waals surface area contributed by atoms with Crippen LogP contribution in [-0.2, 0) is 13.0 Å². The van der Waals surface area contributed by atoms with E-state index in [1.165, 1.54) is 4.57 Å². The number of amides is 1. The number of carbonyl (C=O) groups excluding carboxylic acids is 1. The summed E-state index contributed by atoms with van der Waals surface area (Å²) in [5, 5.41) is 0.719. The summed E-state index contributed by atoms with van der Waals surface area (Å²) in [5.41, 5.74) is 2.28. The summed E-state index contributed by atoms with van der Waals surface area (Å²) in [6.45, 7) is 0.695. The predicted molar refractivity (Wildman–Crippen MR) is 120 cm³/mol. The number of rotatable bonds is 2. The van der Waals surface area contributed by atoms with Crippen molar-refractivity contribution < 1.29 is 4.79 Å². The molecule has 0 bridgehead atoms. The molecule has 1 aromatic heterocycles. The average Bonchev–Trinajstić information content (AvgIpc) is 2.70. The molecule has 3 aromatic rings. The number of halogens is 3. The zero-order chi connectivity index (χ0) is 20.7. The average molecular weight is 511 g/mol. The van der Waals surface area contributed by atoms with Crippen molar-refractivity contribution in [3.05, 3.63) is 88.9 Å². The first-order valence-corrected chi connectivity index (χ1v) is 10.7. The van der Waals surface area contributed by atoms with Gasteiger partial charge in [-0.15, -0.1) is 0 Å². The van der Waals surface area contributed by atoms with E-state index < -0.39 is 0 Å². The molecule has 0 fully saturated rings. The number of nitrogens with one attached hydrogen (secondary N) is 1. The van der Waals surface area contributed by atoms with Crippen molar-refractivity contribution in [1.29, 1.82) is 0 Å². The Morgan fingerprint density at radius 1 is 1.10 bits per heavy atom. The topological polar surface area (TPSA) is 58.1 Å². The highest BCUT2D eigenvalue weighted by Crippen LogP contribution is 2.25. The number of hydrogen-bond donors (Lipinski definition) is 1. The van der Waals surface area contributed by atoms with Gasteiger partial charge in [-0.25, -0.2) is 0 Å². The lowest BCUT2D eigenvalue weighted by atomic mass is 10.0. The molecule has 1 aliphatic rings. The summed E-state index contributed by atoms with van der Waals surface area (Å²) in [7, 11) is 0. The van der Waals surface area contributed by atoms with Gasteiger partial charge < -0.3 is 9.88 Å². The van der Waals surface area contributed by atoms with Crippen molar-refractivity contribution in [1.82, 2.24) is 14.5 Å². The molecule has 5 nitrogen and oxygen atoms in total.